The summed E-state index contributed by atoms with van der Waals surface area (Å²) in [5.74, 6) is -1.74. The van der Waals surface area contributed by atoms with Gasteiger partial charge in [-0.15, -0.1) is 0 Å². The first-order valence-corrected chi connectivity index (χ1v) is 19.4. The highest BCUT2D eigenvalue weighted by Gasteiger charge is 2.44. The Kier molecular flexibility index (Phi) is 13.3. The molecule has 55 heavy (non-hydrogen) atoms. The van der Waals surface area contributed by atoms with Gasteiger partial charge in [-0.3, -0.25) is 29.4 Å². The van der Waals surface area contributed by atoms with Crippen molar-refractivity contribution in [3.63, 3.8) is 0 Å². The van der Waals surface area contributed by atoms with Gasteiger partial charge in [0.05, 0.1) is 11.1 Å². The monoisotopic (exact) mass is 741 g/mol. The van der Waals surface area contributed by atoms with Gasteiger partial charge in [-0.25, -0.2) is 0 Å². The van der Waals surface area contributed by atoms with Crippen LogP contribution in [0.1, 0.15) is 77.3 Å². The largest absolute Gasteiger partial charge is 0.508 e. The molecule has 0 radical (unpaired) electrons. The Bertz CT molecular complexity index is 1980. The molecule has 0 aliphatic carbocycles. The van der Waals surface area contributed by atoms with Gasteiger partial charge >= 0.3 is 0 Å². The van der Waals surface area contributed by atoms with E-state index < -0.39 is 23.8 Å². The minimum absolute atomic E-state index is 0.0963. The second-order valence-corrected chi connectivity index (χ2v) is 14.2. The van der Waals surface area contributed by atoms with Crippen LogP contribution in [0.5, 0.6) is 5.75 Å². The molecule has 3 aromatic rings. The summed E-state index contributed by atoms with van der Waals surface area (Å²) in [5.41, 5.74) is 6.95. The number of amides is 4. The number of fused-ring (bicyclic) bond motifs is 1. The number of nitrogens with one attached hydrogen (secondary N) is 2. The highest BCUT2D eigenvalue weighted by atomic mass is 16.3. The lowest BCUT2D eigenvalue weighted by molar-refractivity contribution is -0.136. The Labute approximate surface area is 323 Å². The van der Waals surface area contributed by atoms with Crippen molar-refractivity contribution in [3.8, 4) is 5.75 Å². The van der Waals surface area contributed by atoms with E-state index in [2.05, 4.69) is 76.4 Å². The van der Waals surface area contributed by atoms with Gasteiger partial charge < -0.3 is 20.2 Å². The van der Waals surface area contributed by atoms with Crippen LogP contribution in [0.3, 0.4) is 0 Å². The number of imide groups is 2. The first-order valence-electron chi connectivity index (χ1n) is 19.4. The van der Waals surface area contributed by atoms with Gasteiger partial charge in [0.1, 0.15) is 11.8 Å². The summed E-state index contributed by atoms with van der Waals surface area (Å²) in [5, 5.41) is 15.5. The molecule has 3 heterocycles. The number of phenolic OH excluding ortho intramolecular Hbond substituents is 1. The van der Waals surface area contributed by atoms with E-state index in [1.54, 1.807) is 30.3 Å². The molecule has 3 aromatic carbocycles. The Morgan fingerprint density at radius 1 is 0.873 bits per heavy atom. The number of benzene rings is 3. The van der Waals surface area contributed by atoms with Crippen LogP contribution in [0.25, 0.3) is 11.1 Å². The lowest BCUT2D eigenvalue weighted by Crippen LogP contribution is -2.54. The predicted octanol–water partition coefficient (Wildman–Crippen LogP) is 6.68. The molecule has 0 bridgehead atoms. The molecule has 3 aliphatic rings. The second kappa shape index (κ2) is 18.6. The average molecular weight is 742 g/mol. The number of unbranched alkanes of at least 4 members (excludes halogenated alkanes) is 1. The maximum Gasteiger partial charge on any atom is 0.262 e. The van der Waals surface area contributed by atoms with Crippen LogP contribution >= 0.6 is 0 Å². The molecule has 10 heteroatoms. The molecule has 2 saturated heterocycles. The van der Waals surface area contributed by atoms with Crippen molar-refractivity contribution in [2.24, 2.45) is 0 Å². The number of hydrogen-bond donors (Lipinski definition) is 3. The standard InChI is InChI=1S/C45H51N5O5/c1-3-32(42(34-16-19-36(51)20-17-34)37(4-2)33-14-9-7-10-15-33)13-8-5-6-11-25-48-27-29-49(30-28-48)26-12-24-46-35-18-21-38-39(31-35)45(55)50(44(38)54)40-22-23-41(52)47-43(40)53/h3,5,7-10,13-21,31,40,46,51H,1,4,6,11-12,22-30H2,2H3,(H,47,52,53)/b8-5+,32-13+,42-37+. The van der Waals surface area contributed by atoms with Crippen molar-refractivity contribution in [2.45, 2.75) is 51.5 Å². The van der Waals surface area contributed by atoms with Crippen molar-refractivity contribution in [3.05, 3.63) is 132 Å². The molecule has 2 fully saturated rings. The van der Waals surface area contributed by atoms with Crippen LogP contribution in [-0.2, 0) is 9.59 Å². The average Bonchev–Trinajstić information content (AvgIpc) is 3.44. The van der Waals surface area contributed by atoms with Gasteiger partial charge in [0.25, 0.3) is 11.8 Å². The molecule has 0 saturated carbocycles. The summed E-state index contributed by atoms with van der Waals surface area (Å²) in [6, 6.07) is 22.0. The number of piperidine rings is 1. The van der Waals surface area contributed by atoms with E-state index >= 15 is 0 Å². The van der Waals surface area contributed by atoms with Crippen LogP contribution in [0.15, 0.2) is 109 Å². The van der Waals surface area contributed by atoms with Crippen LogP contribution in [-0.4, -0.2) is 95.3 Å². The lowest BCUT2D eigenvalue weighted by Gasteiger charge is -2.34. The third-order valence-corrected chi connectivity index (χ3v) is 10.6. The van der Waals surface area contributed by atoms with Crippen molar-refractivity contribution in [1.29, 1.82) is 0 Å². The summed E-state index contributed by atoms with van der Waals surface area (Å²) in [6.07, 6.45) is 12.5. The zero-order valence-corrected chi connectivity index (χ0v) is 31.6. The summed E-state index contributed by atoms with van der Waals surface area (Å²) in [7, 11) is 0. The van der Waals surface area contributed by atoms with E-state index in [0.29, 0.717) is 0 Å². The predicted molar refractivity (Wildman–Crippen MR) is 217 cm³/mol. The Morgan fingerprint density at radius 3 is 2.24 bits per heavy atom. The number of piperazine rings is 1. The highest BCUT2D eigenvalue weighted by Crippen LogP contribution is 2.36. The summed E-state index contributed by atoms with van der Waals surface area (Å²) >= 11 is 0. The van der Waals surface area contributed by atoms with Gasteiger partial charge in [0.15, 0.2) is 0 Å². The zero-order chi connectivity index (χ0) is 38.7. The number of anilines is 1. The number of carbonyl (C=O) groups is 4. The minimum atomic E-state index is -0.965. The fraction of sp³-hybridized carbons (Fsp3) is 0.333. The summed E-state index contributed by atoms with van der Waals surface area (Å²) in [4.78, 5) is 56.0. The topological polar surface area (TPSA) is 122 Å². The Morgan fingerprint density at radius 2 is 1.56 bits per heavy atom. The lowest BCUT2D eigenvalue weighted by atomic mass is 9.87. The molecule has 3 N–H and O–H groups in total. The second-order valence-electron chi connectivity index (χ2n) is 14.2. The third kappa shape index (κ3) is 9.57. The van der Waals surface area contributed by atoms with E-state index in [1.165, 1.54) is 11.1 Å². The van der Waals surface area contributed by atoms with E-state index in [1.807, 2.05) is 24.3 Å². The molecule has 0 spiro atoms. The Hall–Kier alpha value is -5.58. The molecule has 0 aromatic heterocycles. The molecule has 1 atom stereocenters. The summed E-state index contributed by atoms with van der Waals surface area (Å²) in [6.45, 7) is 13.2. The Balaban J connectivity index is 0.922. The van der Waals surface area contributed by atoms with Gasteiger partial charge in [-0.1, -0.05) is 80.3 Å². The number of carbonyl (C=O) groups excluding carboxylic acids is 4. The summed E-state index contributed by atoms with van der Waals surface area (Å²) < 4.78 is 0. The number of aromatic hydroxyl groups is 1. The van der Waals surface area contributed by atoms with E-state index in [4.69, 9.17) is 0 Å². The quantitative estimate of drug-likeness (QED) is 0.0644. The maximum atomic E-state index is 13.1. The number of nitrogens with zero attached hydrogens (tertiary/aromatic N) is 3. The first-order chi connectivity index (χ1) is 26.8. The van der Waals surface area contributed by atoms with Crippen molar-refractivity contribution in [2.75, 3.05) is 51.1 Å². The van der Waals surface area contributed by atoms with E-state index in [9.17, 15) is 24.3 Å². The zero-order valence-electron chi connectivity index (χ0n) is 31.6. The van der Waals surface area contributed by atoms with Gasteiger partial charge in [-0.2, -0.15) is 0 Å². The normalized spacial score (nSPS) is 18.7. The molecule has 10 nitrogen and oxygen atoms in total. The van der Waals surface area contributed by atoms with Crippen LogP contribution in [0, 0.1) is 0 Å². The third-order valence-electron chi connectivity index (χ3n) is 10.6. The van der Waals surface area contributed by atoms with Gasteiger partial charge in [0, 0.05) is 44.8 Å². The molecule has 286 valence electrons. The van der Waals surface area contributed by atoms with Crippen molar-refractivity contribution in [1.82, 2.24) is 20.0 Å². The number of phenols is 1. The molecule has 1 unspecified atom stereocenters. The van der Waals surface area contributed by atoms with Gasteiger partial charge in [0.2, 0.25) is 11.8 Å². The SMILES string of the molecule is C=CC(=C\C=C\CCCN1CCN(CCCNc2ccc3c(c2)C(=O)N(C2CCC(=O)NC2=O)C3=O)CC1)/C(=C(/CC)c1ccccc1)c1ccc(O)cc1. The van der Waals surface area contributed by atoms with E-state index in [-0.39, 0.29) is 35.6 Å². The molecular formula is C45H51N5O5. The first kappa shape index (κ1) is 39.1. The molecule has 6 rings (SSSR count). The minimum Gasteiger partial charge on any atom is -0.508 e. The van der Waals surface area contributed by atoms with Crippen LogP contribution in [0.4, 0.5) is 5.69 Å². The van der Waals surface area contributed by atoms with Crippen LogP contribution in [0.2, 0.25) is 0 Å². The fourth-order valence-electron chi connectivity index (χ4n) is 7.61. The van der Waals surface area contributed by atoms with E-state index in [0.717, 1.165) is 98.8 Å². The fourth-order valence-corrected chi connectivity index (χ4v) is 7.61. The molecular weight excluding hydrogens is 691 g/mol. The van der Waals surface area contributed by atoms with Crippen molar-refractivity contribution >= 4 is 40.5 Å². The van der Waals surface area contributed by atoms with Crippen molar-refractivity contribution < 1.29 is 24.3 Å². The smallest absolute Gasteiger partial charge is 0.262 e. The van der Waals surface area contributed by atoms with Gasteiger partial charge in [-0.05, 0) is 103 Å². The number of hydrogen-bond acceptors (Lipinski definition) is 8. The molecule has 4 amide bonds. The number of rotatable bonds is 16. The number of allylic oxidation sites excluding steroid dienone is 7. The molecule has 3 aliphatic heterocycles. The highest BCUT2D eigenvalue weighted by molar-refractivity contribution is 6.23. The maximum absolute atomic E-state index is 13.1. The van der Waals surface area contributed by atoms with Crippen LogP contribution < -0.4 is 10.6 Å².